The molecule has 0 fully saturated rings. The zero-order chi connectivity index (χ0) is 26.3. The van der Waals surface area contributed by atoms with Crippen LogP contribution in [0.25, 0.3) is 0 Å². The van der Waals surface area contributed by atoms with Gasteiger partial charge in [-0.05, 0) is 31.2 Å². The lowest BCUT2D eigenvalue weighted by Gasteiger charge is -2.38. The highest BCUT2D eigenvalue weighted by molar-refractivity contribution is 7.16. The van der Waals surface area contributed by atoms with Crippen LogP contribution >= 0.6 is 11.3 Å². The number of rotatable bonds is 7. The Balaban J connectivity index is 2.45. The number of anilines is 1. The number of fused-ring (bicyclic) bond motifs is 1. The standard InChI is InChI=1S/C18H14F12N2OS/c19-12(20)14(21,22)16(25,26)18(29,30)17(27,28)15(23,24)13(33)32-11-9(7-31)8-5-3-1-2-4-6-10(8)34-11/h12H,1-6H2,(H,32,33). The predicted molar refractivity (Wildman–Crippen MR) is 94.3 cm³/mol. The Bertz CT molecular complexity index is 967. The summed E-state index contributed by atoms with van der Waals surface area (Å²) >= 11 is 0.498. The molecule has 0 bridgehead atoms. The first kappa shape index (κ1) is 28.1. The third kappa shape index (κ3) is 4.20. The van der Waals surface area contributed by atoms with Gasteiger partial charge in [0.05, 0.1) is 5.56 Å². The fraction of sp³-hybridized carbons (Fsp3) is 0.667. The summed E-state index contributed by atoms with van der Waals surface area (Å²) in [6.07, 6.45) is -2.46. The second-order valence-electron chi connectivity index (χ2n) is 7.41. The number of hydrogen-bond donors (Lipinski definition) is 1. The molecule has 0 saturated carbocycles. The second-order valence-corrected chi connectivity index (χ2v) is 8.51. The van der Waals surface area contributed by atoms with Crippen molar-refractivity contribution in [3.63, 3.8) is 0 Å². The number of nitrogens with zero attached hydrogens (tertiary/aromatic N) is 1. The molecule has 1 aromatic heterocycles. The number of carbonyl (C=O) groups excluding carboxylic acids is 1. The molecular formula is C18H14F12N2OS. The van der Waals surface area contributed by atoms with Gasteiger partial charge in [-0.15, -0.1) is 11.3 Å². The number of halogens is 12. The SMILES string of the molecule is N#Cc1c(NC(=O)C(F)(F)C(F)(F)C(F)(F)C(F)(F)C(F)(F)C(F)F)sc2c1CCCCCC2. The van der Waals surface area contributed by atoms with Crippen molar-refractivity contribution in [1.82, 2.24) is 0 Å². The van der Waals surface area contributed by atoms with Gasteiger partial charge in [-0.2, -0.15) is 49.2 Å². The van der Waals surface area contributed by atoms with E-state index in [0.29, 0.717) is 41.0 Å². The average Bonchev–Trinajstić information content (AvgIpc) is 3.02. The van der Waals surface area contributed by atoms with Gasteiger partial charge in [0, 0.05) is 4.88 Å². The first-order valence-electron chi connectivity index (χ1n) is 9.41. The molecule has 1 heterocycles. The molecule has 0 saturated heterocycles. The molecule has 192 valence electrons. The van der Waals surface area contributed by atoms with E-state index in [4.69, 9.17) is 0 Å². The van der Waals surface area contributed by atoms with E-state index in [1.807, 2.05) is 0 Å². The predicted octanol–water partition coefficient (Wildman–Crippen LogP) is 6.66. The lowest BCUT2D eigenvalue weighted by Crippen LogP contribution is -2.70. The van der Waals surface area contributed by atoms with Crippen LogP contribution in [0.1, 0.15) is 41.7 Å². The second kappa shape index (κ2) is 9.12. The van der Waals surface area contributed by atoms with Crippen molar-refractivity contribution in [3.05, 3.63) is 16.0 Å². The number of hydrogen-bond acceptors (Lipinski definition) is 3. The Morgan fingerprint density at radius 3 is 1.88 bits per heavy atom. The van der Waals surface area contributed by atoms with Gasteiger partial charge in [0.1, 0.15) is 11.1 Å². The van der Waals surface area contributed by atoms with E-state index < -0.39 is 52.5 Å². The van der Waals surface area contributed by atoms with Crippen molar-refractivity contribution in [2.45, 2.75) is 74.6 Å². The molecule has 1 aromatic rings. The molecule has 16 heteroatoms. The van der Waals surface area contributed by atoms with Gasteiger partial charge in [0.25, 0.3) is 0 Å². The number of nitriles is 1. The van der Waals surface area contributed by atoms with Crippen molar-refractivity contribution in [2.75, 3.05) is 5.32 Å². The van der Waals surface area contributed by atoms with Gasteiger partial charge in [0.2, 0.25) is 0 Å². The van der Waals surface area contributed by atoms with Gasteiger partial charge in [-0.25, -0.2) is 8.78 Å². The average molecular weight is 534 g/mol. The summed E-state index contributed by atoms with van der Waals surface area (Å²) in [6, 6.07) is 1.55. The number of aryl methyl sites for hydroxylation is 1. The zero-order valence-corrected chi connectivity index (χ0v) is 17.4. The molecule has 1 aliphatic rings. The molecule has 3 nitrogen and oxygen atoms in total. The summed E-state index contributed by atoms with van der Waals surface area (Å²) in [7, 11) is 0. The molecule has 1 N–H and O–H groups in total. The smallest absolute Gasteiger partial charge is 0.311 e. The number of thiophene rings is 1. The Morgan fingerprint density at radius 2 is 1.38 bits per heavy atom. The molecule has 34 heavy (non-hydrogen) atoms. The third-order valence-corrected chi connectivity index (χ3v) is 6.38. The Labute approximate surface area is 187 Å². The molecule has 0 aromatic carbocycles. The molecule has 1 amide bonds. The van der Waals surface area contributed by atoms with E-state index in [2.05, 4.69) is 0 Å². The van der Waals surface area contributed by atoms with Crippen molar-refractivity contribution < 1.29 is 57.5 Å². The van der Waals surface area contributed by atoms with Crippen molar-refractivity contribution in [3.8, 4) is 6.07 Å². The van der Waals surface area contributed by atoms with Crippen LogP contribution in [-0.2, 0) is 17.6 Å². The fourth-order valence-electron chi connectivity index (χ4n) is 3.19. The van der Waals surface area contributed by atoms with Gasteiger partial charge < -0.3 is 5.32 Å². The van der Waals surface area contributed by atoms with Crippen LogP contribution in [0.3, 0.4) is 0 Å². The molecule has 0 aliphatic heterocycles. The van der Waals surface area contributed by atoms with E-state index in [1.165, 1.54) is 0 Å². The molecular weight excluding hydrogens is 520 g/mol. The van der Waals surface area contributed by atoms with Crippen LogP contribution in [-0.4, -0.2) is 41.9 Å². The van der Waals surface area contributed by atoms with Gasteiger partial charge in [0.15, 0.2) is 0 Å². The molecule has 2 rings (SSSR count). The summed E-state index contributed by atoms with van der Waals surface area (Å²) in [5, 5.41) is 9.62. The van der Waals surface area contributed by atoms with Gasteiger partial charge >= 0.3 is 41.9 Å². The summed E-state index contributed by atoms with van der Waals surface area (Å²) in [5.74, 6) is -40.3. The van der Waals surface area contributed by atoms with Crippen LogP contribution in [0.5, 0.6) is 0 Å². The summed E-state index contributed by atoms with van der Waals surface area (Å²) in [6.45, 7) is 0. The maximum Gasteiger partial charge on any atom is 0.393 e. The van der Waals surface area contributed by atoms with E-state index in [-0.39, 0.29) is 6.42 Å². The van der Waals surface area contributed by atoms with Gasteiger partial charge in [-0.3, -0.25) is 4.79 Å². The van der Waals surface area contributed by atoms with Crippen molar-refractivity contribution in [1.29, 1.82) is 5.26 Å². The topological polar surface area (TPSA) is 52.9 Å². The van der Waals surface area contributed by atoms with Crippen molar-refractivity contribution in [2.24, 2.45) is 0 Å². The van der Waals surface area contributed by atoms with Crippen LogP contribution in [0, 0.1) is 11.3 Å². The highest BCUT2D eigenvalue weighted by atomic mass is 32.1. The van der Waals surface area contributed by atoms with Gasteiger partial charge in [-0.1, -0.05) is 12.8 Å². The lowest BCUT2D eigenvalue weighted by molar-refractivity contribution is -0.406. The normalized spacial score (nSPS) is 16.5. The van der Waals surface area contributed by atoms with Crippen LogP contribution in [0.4, 0.5) is 57.7 Å². The highest BCUT2D eigenvalue weighted by Gasteiger charge is 2.89. The van der Waals surface area contributed by atoms with E-state index >= 15 is 0 Å². The molecule has 0 radical (unpaired) electrons. The molecule has 0 spiro atoms. The number of alkyl halides is 12. The highest BCUT2D eigenvalue weighted by Crippen LogP contribution is 2.58. The van der Waals surface area contributed by atoms with E-state index in [1.54, 1.807) is 6.07 Å². The Hall–Kier alpha value is -2.18. The third-order valence-electron chi connectivity index (χ3n) is 5.17. The van der Waals surface area contributed by atoms with Crippen molar-refractivity contribution >= 4 is 22.2 Å². The largest absolute Gasteiger partial charge is 0.393 e. The number of carbonyl (C=O) groups is 1. The monoisotopic (exact) mass is 534 g/mol. The molecule has 0 unspecified atom stereocenters. The Kier molecular flexibility index (Phi) is 7.53. The minimum atomic E-state index is -7.80. The lowest BCUT2D eigenvalue weighted by atomic mass is 9.94. The fourth-order valence-corrected chi connectivity index (χ4v) is 4.43. The first-order valence-corrected chi connectivity index (χ1v) is 10.2. The Morgan fingerprint density at radius 1 is 0.853 bits per heavy atom. The number of amides is 1. The summed E-state index contributed by atoms with van der Waals surface area (Å²) < 4.78 is 160. The summed E-state index contributed by atoms with van der Waals surface area (Å²) in [5.41, 5.74) is -0.137. The minimum absolute atomic E-state index is 0.240. The van der Waals surface area contributed by atoms with E-state index in [0.717, 1.165) is 18.2 Å². The summed E-state index contributed by atoms with van der Waals surface area (Å²) in [4.78, 5) is 12.2. The van der Waals surface area contributed by atoms with E-state index in [9.17, 15) is 62.7 Å². The zero-order valence-electron chi connectivity index (χ0n) is 16.6. The maximum atomic E-state index is 14.1. The quantitative estimate of drug-likeness (QED) is 0.398. The minimum Gasteiger partial charge on any atom is -0.311 e. The molecule has 1 aliphatic carbocycles. The first-order chi connectivity index (χ1) is 15.4. The maximum absolute atomic E-state index is 14.1. The number of nitrogens with one attached hydrogen (secondary N) is 1. The van der Waals surface area contributed by atoms with Crippen LogP contribution < -0.4 is 5.32 Å². The van der Waals surface area contributed by atoms with Crippen LogP contribution in [0.15, 0.2) is 0 Å². The molecule has 0 atom stereocenters. The van der Waals surface area contributed by atoms with Crippen LogP contribution in [0.2, 0.25) is 0 Å².